The third-order valence-corrected chi connectivity index (χ3v) is 4.93. The van der Waals surface area contributed by atoms with Crippen molar-refractivity contribution in [3.8, 4) is 22.5 Å². The molecule has 4 nitrogen and oxygen atoms in total. The molecule has 4 heterocycles. The standard InChI is InChI=1S/C20H17FN4/c1-13-11-15(21)5-6-16(13)19-20(25-9-2-3-18(25)23-19)14-4-7-17-22-8-10-24(17)12-14/h4-8,10-12H,2-3,9H2,1H3. The monoisotopic (exact) mass is 332 g/mol. The van der Waals surface area contributed by atoms with Crippen LogP contribution in [0.3, 0.4) is 0 Å². The Hall–Kier alpha value is -2.95. The van der Waals surface area contributed by atoms with Crippen molar-refractivity contribution in [3.63, 3.8) is 0 Å². The van der Waals surface area contributed by atoms with Gasteiger partial charge in [0, 0.05) is 42.7 Å². The van der Waals surface area contributed by atoms with E-state index in [4.69, 9.17) is 4.98 Å². The van der Waals surface area contributed by atoms with Crippen LogP contribution in [0.5, 0.6) is 0 Å². The van der Waals surface area contributed by atoms with Gasteiger partial charge in [-0.1, -0.05) is 0 Å². The number of hydrogen-bond donors (Lipinski definition) is 0. The lowest BCUT2D eigenvalue weighted by Gasteiger charge is -2.11. The van der Waals surface area contributed by atoms with E-state index in [1.54, 1.807) is 12.3 Å². The molecule has 124 valence electrons. The van der Waals surface area contributed by atoms with Crippen LogP contribution in [-0.2, 0) is 13.0 Å². The summed E-state index contributed by atoms with van der Waals surface area (Å²) >= 11 is 0. The largest absolute Gasteiger partial charge is 0.327 e. The predicted octanol–water partition coefficient (Wildman–Crippen LogP) is 4.26. The van der Waals surface area contributed by atoms with Gasteiger partial charge in [0.25, 0.3) is 0 Å². The minimum absolute atomic E-state index is 0.214. The van der Waals surface area contributed by atoms with Crippen LogP contribution in [0, 0.1) is 12.7 Å². The first-order valence-electron chi connectivity index (χ1n) is 8.50. The Kier molecular flexibility index (Phi) is 3.04. The van der Waals surface area contributed by atoms with Gasteiger partial charge in [0.05, 0.1) is 11.4 Å². The number of hydrogen-bond acceptors (Lipinski definition) is 2. The first kappa shape index (κ1) is 14.4. The SMILES string of the molecule is Cc1cc(F)ccc1-c1nc2n(c1-c1ccc3nccn3c1)CCC2. The lowest BCUT2D eigenvalue weighted by Crippen LogP contribution is -1.98. The van der Waals surface area contributed by atoms with Gasteiger partial charge in [0.2, 0.25) is 0 Å². The fourth-order valence-corrected chi connectivity index (χ4v) is 3.76. The van der Waals surface area contributed by atoms with E-state index < -0.39 is 0 Å². The molecule has 1 aliphatic heterocycles. The average Bonchev–Trinajstić information content (AvgIpc) is 3.29. The molecule has 25 heavy (non-hydrogen) atoms. The Labute approximate surface area is 144 Å². The van der Waals surface area contributed by atoms with Crippen molar-refractivity contribution in [2.75, 3.05) is 0 Å². The zero-order valence-electron chi connectivity index (χ0n) is 13.9. The van der Waals surface area contributed by atoms with E-state index in [0.717, 1.165) is 58.9 Å². The maximum atomic E-state index is 13.6. The summed E-state index contributed by atoms with van der Waals surface area (Å²) in [5.41, 5.74) is 5.96. The molecule has 0 atom stereocenters. The Morgan fingerprint density at radius 3 is 2.96 bits per heavy atom. The van der Waals surface area contributed by atoms with Gasteiger partial charge >= 0.3 is 0 Å². The van der Waals surface area contributed by atoms with Crippen LogP contribution in [0.1, 0.15) is 17.8 Å². The summed E-state index contributed by atoms with van der Waals surface area (Å²) in [5.74, 6) is 0.897. The fraction of sp³-hybridized carbons (Fsp3) is 0.200. The number of nitrogens with zero attached hydrogens (tertiary/aromatic N) is 4. The maximum absolute atomic E-state index is 13.6. The summed E-state index contributed by atoms with van der Waals surface area (Å²) in [5, 5.41) is 0. The zero-order chi connectivity index (χ0) is 17.0. The number of aromatic nitrogens is 4. The van der Waals surface area contributed by atoms with Gasteiger partial charge in [0.1, 0.15) is 17.3 Å². The molecule has 1 aromatic carbocycles. The number of aryl methyl sites for hydroxylation is 2. The normalized spacial score (nSPS) is 13.5. The van der Waals surface area contributed by atoms with Crippen LogP contribution >= 0.6 is 0 Å². The molecule has 0 N–H and O–H groups in total. The lowest BCUT2D eigenvalue weighted by atomic mass is 10.0. The summed E-state index contributed by atoms with van der Waals surface area (Å²) in [6, 6.07) is 9.03. The van der Waals surface area contributed by atoms with Crippen molar-refractivity contribution in [1.82, 2.24) is 18.9 Å². The van der Waals surface area contributed by atoms with E-state index in [-0.39, 0.29) is 5.82 Å². The number of pyridine rings is 1. The van der Waals surface area contributed by atoms with Gasteiger partial charge in [-0.3, -0.25) is 0 Å². The number of benzene rings is 1. The molecule has 0 radical (unpaired) electrons. The van der Waals surface area contributed by atoms with Crippen molar-refractivity contribution in [1.29, 1.82) is 0 Å². The summed E-state index contributed by atoms with van der Waals surface area (Å²) in [4.78, 5) is 9.23. The van der Waals surface area contributed by atoms with Gasteiger partial charge in [-0.25, -0.2) is 14.4 Å². The summed E-state index contributed by atoms with van der Waals surface area (Å²) in [6.07, 6.45) is 7.94. The minimum Gasteiger partial charge on any atom is -0.327 e. The molecule has 0 spiro atoms. The van der Waals surface area contributed by atoms with Crippen LogP contribution in [0.4, 0.5) is 4.39 Å². The summed E-state index contributed by atoms with van der Waals surface area (Å²) in [6.45, 7) is 2.91. The minimum atomic E-state index is -0.214. The average molecular weight is 332 g/mol. The molecule has 4 aromatic rings. The van der Waals surface area contributed by atoms with Gasteiger partial charge in [0.15, 0.2) is 0 Å². The van der Waals surface area contributed by atoms with E-state index >= 15 is 0 Å². The van der Waals surface area contributed by atoms with Crippen LogP contribution in [0.2, 0.25) is 0 Å². The zero-order valence-corrected chi connectivity index (χ0v) is 13.9. The molecular weight excluding hydrogens is 315 g/mol. The highest BCUT2D eigenvalue weighted by molar-refractivity contribution is 5.81. The van der Waals surface area contributed by atoms with Gasteiger partial charge < -0.3 is 8.97 Å². The van der Waals surface area contributed by atoms with Gasteiger partial charge in [-0.05, 0) is 49.2 Å². The summed E-state index contributed by atoms with van der Waals surface area (Å²) in [7, 11) is 0. The Morgan fingerprint density at radius 1 is 1.16 bits per heavy atom. The van der Waals surface area contributed by atoms with Gasteiger partial charge in [-0.15, -0.1) is 0 Å². The molecule has 1 aliphatic rings. The van der Waals surface area contributed by atoms with Crippen LogP contribution < -0.4 is 0 Å². The summed E-state index contributed by atoms with van der Waals surface area (Å²) < 4.78 is 17.9. The molecular formula is C20H17FN4. The Bertz CT molecular complexity index is 1110. The molecule has 0 saturated carbocycles. The van der Waals surface area contributed by atoms with E-state index in [0.29, 0.717) is 0 Å². The first-order valence-corrected chi connectivity index (χ1v) is 8.50. The Morgan fingerprint density at radius 2 is 2.08 bits per heavy atom. The second-order valence-corrected chi connectivity index (χ2v) is 6.55. The highest BCUT2D eigenvalue weighted by Gasteiger charge is 2.24. The van der Waals surface area contributed by atoms with Crippen LogP contribution in [-0.4, -0.2) is 18.9 Å². The molecule has 5 rings (SSSR count). The topological polar surface area (TPSA) is 35.1 Å². The lowest BCUT2D eigenvalue weighted by molar-refractivity contribution is 0.627. The molecule has 0 unspecified atom stereocenters. The van der Waals surface area contributed by atoms with Crippen molar-refractivity contribution < 1.29 is 4.39 Å². The van der Waals surface area contributed by atoms with Crippen molar-refractivity contribution in [2.45, 2.75) is 26.3 Å². The number of halogens is 1. The van der Waals surface area contributed by atoms with Gasteiger partial charge in [-0.2, -0.15) is 0 Å². The van der Waals surface area contributed by atoms with E-state index in [2.05, 4.69) is 21.8 Å². The number of imidazole rings is 2. The van der Waals surface area contributed by atoms with Crippen LogP contribution in [0.25, 0.3) is 28.2 Å². The van der Waals surface area contributed by atoms with E-state index in [1.165, 1.54) is 6.07 Å². The second-order valence-electron chi connectivity index (χ2n) is 6.55. The second kappa shape index (κ2) is 5.28. The molecule has 0 saturated heterocycles. The van der Waals surface area contributed by atoms with Crippen LogP contribution in [0.15, 0.2) is 48.9 Å². The highest BCUT2D eigenvalue weighted by Crippen LogP contribution is 2.37. The fourth-order valence-electron chi connectivity index (χ4n) is 3.76. The smallest absolute Gasteiger partial charge is 0.136 e. The van der Waals surface area contributed by atoms with Crippen molar-refractivity contribution >= 4 is 5.65 Å². The maximum Gasteiger partial charge on any atom is 0.136 e. The number of fused-ring (bicyclic) bond motifs is 2. The molecule has 0 amide bonds. The molecule has 5 heteroatoms. The first-order chi connectivity index (χ1) is 12.2. The van der Waals surface area contributed by atoms with Crippen molar-refractivity contribution in [2.24, 2.45) is 0 Å². The third-order valence-electron chi connectivity index (χ3n) is 4.93. The molecule has 0 bridgehead atoms. The molecule has 3 aromatic heterocycles. The van der Waals surface area contributed by atoms with E-state index in [9.17, 15) is 4.39 Å². The molecule has 0 aliphatic carbocycles. The quantitative estimate of drug-likeness (QED) is 0.550. The molecule has 0 fully saturated rings. The predicted molar refractivity (Wildman–Crippen MR) is 94.9 cm³/mol. The number of rotatable bonds is 2. The Balaban J connectivity index is 1.77. The van der Waals surface area contributed by atoms with E-state index in [1.807, 2.05) is 29.7 Å². The van der Waals surface area contributed by atoms with Crippen molar-refractivity contribution in [3.05, 3.63) is 66.1 Å². The third kappa shape index (κ3) is 2.19. The highest BCUT2D eigenvalue weighted by atomic mass is 19.1.